The molecule has 1 aromatic carbocycles. The average molecular weight is 278 g/mol. The molecular weight excluding hydrogens is 268 g/mol. The fourth-order valence-corrected chi connectivity index (χ4v) is 1.82. The van der Waals surface area contributed by atoms with Gasteiger partial charge >= 0.3 is 0 Å². The van der Waals surface area contributed by atoms with Crippen molar-refractivity contribution in [2.24, 2.45) is 0 Å². The summed E-state index contributed by atoms with van der Waals surface area (Å²) in [5.41, 5.74) is 1.15. The number of hydrogen-bond donors (Lipinski definition) is 1. The molecule has 1 amide bonds. The zero-order chi connectivity index (χ0) is 11.4. The predicted molar refractivity (Wildman–Crippen MR) is 57.2 cm³/mol. The molecule has 0 aromatic heterocycles. The molecular formula is C10H10BrF2NO. The Morgan fingerprint density at radius 1 is 1.53 bits per heavy atom. The first-order valence-corrected chi connectivity index (χ1v) is 5.13. The average Bonchev–Trinajstić information content (AvgIpc) is 2.14. The first kappa shape index (κ1) is 12.1. The van der Waals surface area contributed by atoms with Crippen LogP contribution in [0.3, 0.4) is 0 Å². The monoisotopic (exact) mass is 277 g/mol. The van der Waals surface area contributed by atoms with E-state index in [1.165, 1.54) is 0 Å². The number of amides is 1. The minimum Gasteiger partial charge on any atom is -0.346 e. The second-order valence-corrected chi connectivity index (χ2v) is 3.89. The highest BCUT2D eigenvalue weighted by Gasteiger charge is 2.13. The van der Waals surface area contributed by atoms with Crippen molar-refractivity contribution in [2.45, 2.75) is 13.3 Å². The Morgan fingerprint density at radius 3 is 2.73 bits per heavy atom. The van der Waals surface area contributed by atoms with E-state index in [9.17, 15) is 13.6 Å². The van der Waals surface area contributed by atoms with Crippen molar-refractivity contribution in [1.82, 2.24) is 5.32 Å². The third kappa shape index (κ3) is 3.27. The van der Waals surface area contributed by atoms with E-state index in [-0.39, 0.29) is 0 Å². The minimum absolute atomic E-state index is 0.401. The molecule has 82 valence electrons. The molecule has 1 N–H and O–H groups in total. The fraction of sp³-hybridized carbons (Fsp3) is 0.300. The van der Waals surface area contributed by atoms with Gasteiger partial charge < -0.3 is 5.32 Å². The maximum atomic E-state index is 11.9. The molecule has 0 aliphatic carbocycles. The Hall–Kier alpha value is -0.970. The number of carbonyl (C=O) groups is 1. The number of benzene rings is 1. The molecule has 0 bridgehead atoms. The number of rotatable bonds is 3. The van der Waals surface area contributed by atoms with Crippen molar-refractivity contribution >= 4 is 21.8 Å². The van der Waals surface area contributed by atoms with Crippen molar-refractivity contribution in [3.05, 3.63) is 33.8 Å². The van der Waals surface area contributed by atoms with Crippen LogP contribution < -0.4 is 5.32 Å². The summed E-state index contributed by atoms with van der Waals surface area (Å²) in [6.45, 7) is 1.13. The van der Waals surface area contributed by atoms with Crippen molar-refractivity contribution < 1.29 is 13.6 Å². The van der Waals surface area contributed by atoms with E-state index >= 15 is 0 Å². The van der Waals surface area contributed by atoms with E-state index in [0.717, 1.165) is 5.56 Å². The summed E-state index contributed by atoms with van der Waals surface area (Å²) >= 11 is 3.21. The van der Waals surface area contributed by atoms with Gasteiger partial charge in [0, 0.05) is 4.47 Å². The Bertz CT molecular complexity index is 348. The third-order valence-electron chi connectivity index (χ3n) is 1.87. The van der Waals surface area contributed by atoms with Crippen molar-refractivity contribution in [3.63, 3.8) is 0 Å². The molecule has 0 fully saturated rings. The fourth-order valence-electron chi connectivity index (χ4n) is 1.18. The summed E-state index contributed by atoms with van der Waals surface area (Å²) < 4.78 is 24.4. The van der Waals surface area contributed by atoms with Crippen LogP contribution in [-0.2, 0) is 0 Å². The molecule has 0 heterocycles. The van der Waals surface area contributed by atoms with E-state index in [1.54, 1.807) is 25.1 Å². The first-order chi connectivity index (χ1) is 7.02. The summed E-state index contributed by atoms with van der Waals surface area (Å²) in [6.07, 6.45) is -2.53. The molecule has 2 nitrogen and oxygen atoms in total. The van der Waals surface area contributed by atoms with Crippen molar-refractivity contribution in [2.75, 3.05) is 6.54 Å². The Balaban J connectivity index is 2.82. The molecule has 1 aromatic rings. The summed E-state index contributed by atoms with van der Waals surface area (Å²) in [7, 11) is 0. The van der Waals surface area contributed by atoms with E-state index in [0.29, 0.717) is 10.0 Å². The van der Waals surface area contributed by atoms with Crippen LogP contribution in [0.25, 0.3) is 0 Å². The van der Waals surface area contributed by atoms with Gasteiger partial charge in [0.2, 0.25) is 0 Å². The zero-order valence-electron chi connectivity index (χ0n) is 8.06. The lowest BCUT2D eigenvalue weighted by Crippen LogP contribution is -2.29. The van der Waals surface area contributed by atoms with Crippen LogP contribution in [-0.4, -0.2) is 18.9 Å². The molecule has 0 saturated carbocycles. The molecule has 0 radical (unpaired) electrons. The molecule has 1 rings (SSSR count). The lowest BCUT2D eigenvalue weighted by atomic mass is 10.1. The number of alkyl halides is 2. The highest BCUT2D eigenvalue weighted by Crippen LogP contribution is 2.19. The van der Waals surface area contributed by atoms with Crippen LogP contribution >= 0.6 is 15.9 Å². The largest absolute Gasteiger partial charge is 0.346 e. The summed E-state index contributed by atoms with van der Waals surface area (Å²) in [4.78, 5) is 11.5. The van der Waals surface area contributed by atoms with Crippen LogP contribution in [0.4, 0.5) is 8.78 Å². The van der Waals surface area contributed by atoms with Crippen LogP contribution in [0.5, 0.6) is 0 Å². The normalized spacial score (nSPS) is 10.5. The van der Waals surface area contributed by atoms with Gasteiger partial charge in [-0.05, 0) is 34.5 Å². The number of nitrogens with one attached hydrogen (secondary N) is 1. The second-order valence-electron chi connectivity index (χ2n) is 3.03. The maximum Gasteiger partial charge on any atom is 0.255 e. The van der Waals surface area contributed by atoms with E-state index in [1.807, 2.05) is 0 Å². The van der Waals surface area contributed by atoms with Gasteiger partial charge in [0.25, 0.3) is 12.3 Å². The van der Waals surface area contributed by atoms with Gasteiger partial charge in [0.1, 0.15) is 0 Å². The third-order valence-corrected chi connectivity index (χ3v) is 2.53. The van der Waals surface area contributed by atoms with Crippen LogP contribution in [0.1, 0.15) is 15.9 Å². The molecule has 0 atom stereocenters. The first-order valence-electron chi connectivity index (χ1n) is 4.34. The smallest absolute Gasteiger partial charge is 0.255 e. The Labute approximate surface area is 94.8 Å². The second kappa shape index (κ2) is 5.21. The number of hydrogen-bond acceptors (Lipinski definition) is 1. The topological polar surface area (TPSA) is 29.1 Å². The number of aryl methyl sites for hydroxylation is 1. The SMILES string of the molecule is Cc1cccc(Br)c1C(=O)NCC(F)F. The van der Waals surface area contributed by atoms with Gasteiger partial charge in [-0.25, -0.2) is 8.78 Å². The van der Waals surface area contributed by atoms with Gasteiger partial charge in [0.15, 0.2) is 0 Å². The maximum absolute atomic E-state index is 11.9. The quantitative estimate of drug-likeness (QED) is 0.905. The van der Waals surface area contributed by atoms with E-state index < -0.39 is 18.9 Å². The predicted octanol–water partition coefficient (Wildman–Crippen LogP) is 2.75. The Kier molecular flexibility index (Phi) is 4.20. The lowest BCUT2D eigenvalue weighted by Gasteiger charge is -2.08. The molecule has 0 unspecified atom stereocenters. The minimum atomic E-state index is -2.53. The molecule has 0 aliphatic heterocycles. The van der Waals surface area contributed by atoms with E-state index in [2.05, 4.69) is 21.2 Å². The molecule has 5 heteroatoms. The van der Waals surface area contributed by atoms with Gasteiger partial charge in [-0.3, -0.25) is 4.79 Å². The summed E-state index contributed by atoms with van der Waals surface area (Å²) in [5, 5.41) is 2.16. The van der Waals surface area contributed by atoms with E-state index in [4.69, 9.17) is 0 Å². The Morgan fingerprint density at radius 2 is 2.20 bits per heavy atom. The molecule has 0 saturated heterocycles. The lowest BCUT2D eigenvalue weighted by molar-refractivity contribution is 0.0890. The van der Waals surface area contributed by atoms with Gasteiger partial charge in [-0.1, -0.05) is 12.1 Å². The zero-order valence-corrected chi connectivity index (χ0v) is 9.64. The van der Waals surface area contributed by atoms with Gasteiger partial charge in [0.05, 0.1) is 12.1 Å². The molecule has 0 aliphatic rings. The van der Waals surface area contributed by atoms with Gasteiger partial charge in [-0.15, -0.1) is 0 Å². The standard InChI is InChI=1S/C10H10BrF2NO/c1-6-3-2-4-7(11)9(6)10(15)14-5-8(12)13/h2-4,8H,5H2,1H3,(H,14,15). The van der Waals surface area contributed by atoms with Crippen molar-refractivity contribution in [3.8, 4) is 0 Å². The number of carbonyl (C=O) groups excluding carboxylic acids is 1. The molecule has 15 heavy (non-hydrogen) atoms. The highest BCUT2D eigenvalue weighted by atomic mass is 79.9. The van der Waals surface area contributed by atoms with Crippen LogP contribution in [0, 0.1) is 6.92 Å². The van der Waals surface area contributed by atoms with Gasteiger partial charge in [-0.2, -0.15) is 0 Å². The van der Waals surface area contributed by atoms with Crippen LogP contribution in [0.2, 0.25) is 0 Å². The van der Waals surface area contributed by atoms with Crippen molar-refractivity contribution in [1.29, 1.82) is 0 Å². The molecule has 0 spiro atoms. The summed E-state index contributed by atoms with van der Waals surface area (Å²) in [5.74, 6) is -0.486. The summed E-state index contributed by atoms with van der Waals surface area (Å²) in [6, 6.07) is 5.23. The van der Waals surface area contributed by atoms with Crippen LogP contribution in [0.15, 0.2) is 22.7 Å². The highest BCUT2D eigenvalue weighted by molar-refractivity contribution is 9.10. The number of halogens is 3.